The molecule has 0 saturated carbocycles. The first kappa shape index (κ1) is 19.2. The molecule has 0 N–H and O–H groups in total. The SMILES string of the molecule is CC/C=C/C=C/C1(C)OC(CC(C)N(C)C)=C(C(=O)OC)C1=O. The lowest BCUT2D eigenvalue weighted by Gasteiger charge is -2.23. The summed E-state index contributed by atoms with van der Waals surface area (Å²) in [4.78, 5) is 26.7. The molecule has 0 radical (unpaired) electrons. The number of hydrogen-bond acceptors (Lipinski definition) is 5. The van der Waals surface area contributed by atoms with Crippen LogP contribution < -0.4 is 0 Å². The lowest BCUT2D eigenvalue weighted by atomic mass is 9.95. The second kappa shape index (κ2) is 8.11. The Morgan fingerprint density at radius 1 is 1.39 bits per heavy atom. The lowest BCUT2D eigenvalue weighted by Crippen LogP contribution is -2.33. The molecular weight excluding hydrogens is 294 g/mol. The highest BCUT2D eigenvalue weighted by atomic mass is 16.5. The van der Waals surface area contributed by atoms with E-state index < -0.39 is 11.6 Å². The fourth-order valence-corrected chi connectivity index (χ4v) is 2.19. The van der Waals surface area contributed by atoms with Crippen molar-refractivity contribution in [1.29, 1.82) is 0 Å². The molecular formula is C18H27NO4. The maximum absolute atomic E-state index is 12.7. The van der Waals surface area contributed by atoms with E-state index in [1.807, 2.05) is 45.0 Å². The van der Waals surface area contributed by atoms with Gasteiger partial charge in [0.2, 0.25) is 5.78 Å². The van der Waals surface area contributed by atoms with Crippen molar-refractivity contribution in [3.05, 3.63) is 35.6 Å². The zero-order valence-electron chi connectivity index (χ0n) is 14.9. The Bertz CT molecular complexity index is 545. The summed E-state index contributed by atoms with van der Waals surface area (Å²) >= 11 is 0. The molecule has 5 heteroatoms. The van der Waals surface area contributed by atoms with Crippen molar-refractivity contribution in [2.45, 2.75) is 45.3 Å². The minimum Gasteiger partial charge on any atom is -0.478 e. The number of Topliss-reactive ketones (excluding diaryl/α,β-unsaturated/α-hetero) is 1. The van der Waals surface area contributed by atoms with Gasteiger partial charge in [0.15, 0.2) is 5.60 Å². The second-order valence-corrected chi connectivity index (χ2v) is 6.04. The Balaban J connectivity index is 3.10. The first-order valence-corrected chi connectivity index (χ1v) is 7.82. The number of ketones is 1. The van der Waals surface area contributed by atoms with Crippen molar-refractivity contribution in [2.24, 2.45) is 0 Å². The molecule has 128 valence electrons. The molecule has 0 spiro atoms. The first-order chi connectivity index (χ1) is 10.8. The summed E-state index contributed by atoms with van der Waals surface area (Å²) < 4.78 is 10.6. The molecule has 0 aromatic rings. The maximum atomic E-state index is 12.7. The van der Waals surface area contributed by atoms with Crippen LogP contribution in [-0.2, 0) is 19.1 Å². The van der Waals surface area contributed by atoms with Gasteiger partial charge in [0, 0.05) is 12.5 Å². The summed E-state index contributed by atoms with van der Waals surface area (Å²) in [5, 5.41) is 0. The number of hydrogen-bond donors (Lipinski definition) is 0. The average molecular weight is 321 g/mol. The van der Waals surface area contributed by atoms with Crippen LogP contribution in [0.25, 0.3) is 0 Å². The highest BCUT2D eigenvalue weighted by Gasteiger charge is 2.47. The molecule has 0 aromatic heterocycles. The van der Waals surface area contributed by atoms with Gasteiger partial charge < -0.3 is 14.4 Å². The highest BCUT2D eigenvalue weighted by Crippen LogP contribution is 2.35. The zero-order valence-corrected chi connectivity index (χ0v) is 14.9. The molecule has 1 heterocycles. The summed E-state index contributed by atoms with van der Waals surface area (Å²) in [6.45, 7) is 5.70. The van der Waals surface area contributed by atoms with Crippen LogP contribution in [0.5, 0.6) is 0 Å². The number of carbonyl (C=O) groups is 2. The third-order valence-electron chi connectivity index (χ3n) is 3.94. The van der Waals surface area contributed by atoms with E-state index in [1.165, 1.54) is 7.11 Å². The van der Waals surface area contributed by atoms with Crippen molar-refractivity contribution >= 4 is 11.8 Å². The largest absolute Gasteiger partial charge is 0.478 e. The predicted octanol–water partition coefficient (Wildman–Crippen LogP) is 2.63. The standard InChI is InChI=1S/C18H27NO4/c1-7-8-9-10-11-18(3)16(20)15(17(21)22-6)14(23-18)12-13(2)19(4)5/h8-11,13H,7,12H2,1-6H3/b9-8+,11-10+. The van der Waals surface area contributed by atoms with E-state index in [9.17, 15) is 9.59 Å². The lowest BCUT2D eigenvalue weighted by molar-refractivity contribution is -0.138. The maximum Gasteiger partial charge on any atom is 0.345 e. The van der Waals surface area contributed by atoms with Crippen molar-refractivity contribution in [1.82, 2.24) is 4.90 Å². The van der Waals surface area contributed by atoms with Crippen LogP contribution in [0, 0.1) is 0 Å². The van der Waals surface area contributed by atoms with Gasteiger partial charge in [0.25, 0.3) is 0 Å². The smallest absolute Gasteiger partial charge is 0.345 e. The number of esters is 1. The summed E-state index contributed by atoms with van der Waals surface area (Å²) in [6.07, 6.45) is 8.67. The molecule has 0 bridgehead atoms. The molecule has 23 heavy (non-hydrogen) atoms. The van der Waals surface area contributed by atoms with E-state index in [-0.39, 0.29) is 17.4 Å². The van der Waals surface area contributed by atoms with Crippen LogP contribution in [0.3, 0.4) is 0 Å². The molecule has 1 rings (SSSR count). The van der Waals surface area contributed by atoms with Gasteiger partial charge in [0.05, 0.1) is 7.11 Å². The van der Waals surface area contributed by atoms with Gasteiger partial charge in [0.1, 0.15) is 11.3 Å². The minimum atomic E-state index is -1.16. The van der Waals surface area contributed by atoms with Crippen LogP contribution in [0.4, 0.5) is 0 Å². The van der Waals surface area contributed by atoms with Gasteiger partial charge in [-0.05, 0) is 40.4 Å². The average Bonchev–Trinajstić information content (AvgIpc) is 2.74. The zero-order chi connectivity index (χ0) is 17.6. The molecule has 0 amide bonds. The van der Waals surface area contributed by atoms with Gasteiger partial charge in [-0.3, -0.25) is 4.79 Å². The number of nitrogens with zero attached hydrogens (tertiary/aromatic N) is 1. The Kier molecular flexibility index (Phi) is 6.76. The van der Waals surface area contributed by atoms with Crippen molar-refractivity contribution in [3.8, 4) is 0 Å². The Morgan fingerprint density at radius 2 is 2.04 bits per heavy atom. The highest BCUT2D eigenvalue weighted by molar-refractivity contribution is 6.22. The Morgan fingerprint density at radius 3 is 2.57 bits per heavy atom. The molecule has 0 aromatic carbocycles. The van der Waals surface area contributed by atoms with Crippen LogP contribution in [0.1, 0.15) is 33.6 Å². The van der Waals surface area contributed by atoms with E-state index in [1.54, 1.807) is 19.1 Å². The quantitative estimate of drug-likeness (QED) is 0.410. The monoisotopic (exact) mass is 321 g/mol. The number of ether oxygens (including phenoxy) is 2. The van der Waals surface area contributed by atoms with Gasteiger partial charge in [-0.15, -0.1) is 0 Å². The van der Waals surface area contributed by atoms with E-state index in [2.05, 4.69) is 0 Å². The van der Waals surface area contributed by atoms with Gasteiger partial charge in [-0.25, -0.2) is 4.79 Å². The van der Waals surface area contributed by atoms with Crippen LogP contribution >= 0.6 is 0 Å². The first-order valence-electron chi connectivity index (χ1n) is 7.82. The normalized spacial score (nSPS) is 23.2. The van der Waals surface area contributed by atoms with Crippen molar-refractivity contribution < 1.29 is 19.1 Å². The van der Waals surface area contributed by atoms with Gasteiger partial charge >= 0.3 is 5.97 Å². The van der Waals surface area contributed by atoms with E-state index >= 15 is 0 Å². The molecule has 0 saturated heterocycles. The summed E-state index contributed by atoms with van der Waals surface area (Å²) in [7, 11) is 5.15. The van der Waals surface area contributed by atoms with E-state index in [4.69, 9.17) is 9.47 Å². The predicted molar refractivity (Wildman–Crippen MR) is 89.9 cm³/mol. The van der Waals surface area contributed by atoms with Crippen molar-refractivity contribution in [3.63, 3.8) is 0 Å². The molecule has 5 nitrogen and oxygen atoms in total. The molecule has 2 atom stereocenters. The Labute approximate surface area is 138 Å². The summed E-state index contributed by atoms with van der Waals surface area (Å²) in [6, 6.07) is 0.128. The summed E-state index contributed by atoms with van der Waals surface area (Å²) in [5.74, 6) is -0.599. The van der Waals surface area contributed by atoms with Gasteiger partial charge in [-0.1, -0.05) is 25.2 Å². The fourth-order valence-electron chi connectivity index (χ4n) is 2.19. The minimum absolute atomic E-state index is 0.0211. The molecule has 1 aliphatic rings. The third kappa shape index (κ3) is 4.55. The van der Waals surface area contributed by atoms with Crippen molar-refractivity contribution in [2.75, 3.05) is 21.2 Å². The third-order valence-corrected chi connectivity index (χ3v) is 3.94. The molecule has 0 fully saturated rings. The van der Waals surface area contributed by atoms with E-state index in [0.717, 1.165) is 6.42 Å². The van der Waals surface area contributed by atoms with Crippen LogP contribution in [0.2, 0.25) is 0 Å². The number of methoxy groups -OCH3 is 1. The van der Waals surface area contributed by atoms with Crippen LogP contribution in [0.15, 0.2) is 35.6 Å². The second-order valence-electron chi connectivity index (χ2n) is 6.04. The topological polar surface area (TPSA) is 55.8 Å². The van der Waals surface area contributed by atoms with Gasteiger partial charge in [-0.2, -0.15) is 0 Å². The molecule has 1 aliphatic heterocycles. The number of rotatable bonds is 7. The van der Waals surface area contributed by atoms with E-state index in [0.29, 0.717) is 12.2 Å². The Hall–Kier alpha value is -1.88. The molecule has 0 aliphatic carbocycles. The molecule has 2 unspecified atom stereocenters. The summed E-state index contributed by atoms with van der Waals surface area (Å²) in [5.41, 5.74) is -1.14. The van der Waals surface area contributed by atoms with Crippen LogP contribution in [-0.4, -0.2) is 49.5 Å². The fraction of sp³-hybridized carbons (Fsp3) is 0.556. The number of carbonyl (C=O) groups excluding carboxylic acids is 2. The number of allylic oxidation sites excluding steroid dienone is 3.